The molecule has 0 fully saturated rings. The Hall–Kier alpha value is -1.42. The van der Waals surface area contributed by atoms with Crippen LogP contribution in [0.3, 0.4) is 0 Å². The molecule has 18 heavy (non-hydrogen) atoms. The van der Waals surface area contributed by atoms with Crippen LogP contribution in [0.5, 0.6) is 0 Å². The topological polar surface area (TPSA) is 29.5 Å². The van der Waals surface area contributed by atoms with Crippen LogP contribution in [0.1, 0.15) is 29.8 Å². The van der Waals surface area contributed by atoms with E-state index in [1.807, 2.05) is 13.8 Å². The van der Waals surface area contributed by atoms with Gasteiger partial charge in [-0.3, -0.25) is 4.79 Å². The molecule has 0 aliphatic heterocycles. The molecular weight excluding hydrogens is 233 g/mol. The molecule has 100 valence electrons. The van der Waals surface area contributed by atoms with Crippen molar-refractivity contribution in [2.75, 3.05) is 20.3 Å². The normalized spacial score (nSPS) is 10.8. The Bertz CT molecular complexity index is 418. The molecule has 0 heterocycles. The van der Waals surface area contributed by atoms with Crippen LogP contribution in [-0.4, -0.2) is 37.1 Å². The van der Waals surface area contributed by atoms with Crippen molar-refractivity contribution >= 4 is 5.91 Å². The highest BCUT2D eigenvalue weighted by atomic mass is 19.1. The lowest BCUT2D eigenvalue weighted by Crippen LogP contribution is -2.39. The first-order valence-corrected chi connectivity index (χ1v) is 6.03. The van der Waals surface area contributed by atoms with Crippen molar-refractivity contribution in [3.63, 3.8) is 0 Å². The van der Waals surface area contributed by atoms with Gasteiger partial charge in [0.25, 0.3) is 5.91 Å². The number of halogens is 1. The predicted octanol–water partition coefficient (Wildman–Crippen LogP) is 2.63. The van der Waals surface area contributed by atoms with Gasteiger partial charge in [-0.2, -0.15) is 0 Å². The fourth-order valence-corrected chi connectivity index (χ4v) is 1.73. The largest absolute Gasteiger partial charge is 0.383 e. The number of benzene rings is 1. The molecule has 0 N–H and O–H groups in total. The maximum absolute atomic E-state index is 13.2. The zero-order valence-electron chi connectivity index (χ0n) is 11.4. The quantitative estimate of drug-likeness (QED) is 0.807. The summed E-state index contributed by atoms with van der Waals surface area (Å²) in [6.45, 7) is 6.57. The third-order valence-corrected chi connectivity index (χ3v) is 2.83. The van der Waals surface area contributed by atoms with Crippen molar-refractivity contribution in [3.8, 4) is 0 Å². The minimum Gasteiger partial charge on any atom is -0.383 e. The van der Waals surface area contributed by atoms with E-state index in [9.17, 15) is 9.18 Å². The van der Waals surface area contributed by atoms with Gasteiger partial charge >= 0.3 is 0 Å². The zero-order chi connectivity index (χ0) is 13.7. The number of carbonyl (C=O) groups excluding carboxylic acids is 1. The van der Waals surface area contributed by atoms with Crippen LogP contribution in [0.15, 0.2) is 18.2 Å². The summed E-state index contributed by atoms with van der Waals surface area (Å²) in [6, 6.07) is 4.52. The Morgan fingerprint density at radius 2 is 2.11 bits per heavy atom. The molecule has 1 aromatic rings. The van der Waals surface area contributed by atoms with Crippen LogP contribution in [-0.2, 0) is 4.74 Å². The lowest BCUT2D eigenvalue weighted by atomic mass is 10.1. The van der Waals surface area contributed by atoms with Gasteiger partial charge in [0.05, 0.1) is 6.61 Å². The van der Waals surface area contributed by atoms with Gasteiger partial charge in [-0.25, -0.2) is 4.39 Å². The van der Waals surface area contributed by atoms with Crippen LogP contribution in [0.4, 0.5) is 4.39 Å². The standard InChI is InChI=1S/C14H20FNO2/c1-10(2)16(7-8-18-4)14(17)12-5-6-13(15)11(3)9-12/h5-6,9-10H,7-8H2,1-4H3. The maximum atomic E-state index is 13.2. The highest BCUT2D eigenvalue weighted by Crippen LogP contribution is 2.13. The van der Waals surface area contributed by atoms with Crippen molar-refractivity contribution in [1.29, 1.82) is 0 Å². The van der Waals surface area contributed by atoms with E-state index in [-0.39, 0.29) is 17.8 Å². The van der Waals surface area contributed by atoms with Crippen LogP contribution >= 0.6 is 0 Å². The molecule has 0 atom stereocenters. The Morgan fingerprint density at radius 1 is 1.44 bits per heavy atom. The van der Waals surface area contributed by atoms with Crippen molar-refractivity contribution in [2.45, 2.75) is 26.8 Å². The molecular formula is C14H20FNO2. The molecule has 0 spiro atoms. The summed E-state index contributed by atoms with van der Waals surface area (Å²) < 4.78 is 18.2. The van der Waals surface area contributed by atoms with Crippen molar-refractivity contribution < 1.29 is 13.9 Å². The monoisotopic (exact) mass is 253 g/mol. The lowest BCUT2D eigenvalue weighted by Gasteiger charge is -2.26. The fraction of sp³-hybridized carbons (Fsp3) is 0.500. The first-order chi connectivity index (χ1) is 8.47. The Kier molecular flexibility index (Phi) is 5.28. The second-order valence-electron chi connectivity index (χ2n) is 4.55. The summed E-state index contributed by atoms with van der Waals surface area (Å²) in [5, 5.41) is 0. The summed E-state index contributed by atoms with van der Waals surface area (Å²) in [6.07, 6.45) is 0. The average molecular weight is 253 g/mol. The third kappa shape index (κ3) is 3.53. The van der Waals surface area contributed by atoms with Crippen LogP contribution < -0.4 is 0 Å². The lowest BCUT2D eigenvalue weighted by molar-refractivity contribution is 0.0635. The van der Waals surface area contributed by atoms with E-state index in [1.54, 1.807) is 25.0 Å². The van der Waals surface area contributed by atoms with E-state index in [0.717, 1.165) is 0 Å². The van der Waals surface area contributed by atoms with Gasteiger partial charge in [0, 0.05) is 25.3 Å². The second-order valence-corrected chi connectivity index (χ2v) is 4.55. The smallest absolute Gasteiger partial charge is 0.254 e. The molecule has 0 saturated carbocycles. The highest BCUT2D eigenvalue weighted by Gasteiger charge is 2.18. The number of methoxy groups -OCH3 is 1. The van der Waals surface area contributed by atoms with Crippen LogP contribution in [0.25, 0.3) is 0 Å². The predicted molar refractivity (Wildman–Crippen MR) is 69.2 cm³/mol. The zero-order valence-corrected chi connectivity index (χ0v) is 11.4. The van der Waals surface area contributed by atoms with Crippen molar-refractivity contribution in [2.24, 2.45) is 0 Å². The second kappa shape index (κ2) is 6.50. The summed E-state index contributed by atoms with van der Waals surface area (Å²) in [7, 11) is 1.60. The number of aryl methyl sites for hydroxylation is 1. The summed E-state index contributed by atoms with van der Waals surface area (Å²) in [5.41, 5.74) is 0.995. The molecule has 0 radical (unpaired) electrons. The third-order valence-electron chi connectivity index (χ3n) is 2.83. The summed E-state index contributed by atoms with van der Waals surface area (Å²) in [4.78, 5) is 14.0. The van der Waals surface area contributed by atoms with E-state index in [4.69, 9.17) is 4.74 Å². The minimum absolute atomic E-state index is 0.0815. The number of hydrogen-bond acceptors (Lipinski definition) is 2. The Morgan fingerprint density at radius 3 is 2.61 bits per heavy atom. The van der Waals surface area contributed by atoms with E-state index in [0.29, 0.717) is 24.3 Å². The van der Waals surface area contributed by atoms with Crippen LogP contribution in [0.2, 0.25) is 0 Å². The number of hydrogen-bond donors (Lipinski definition) is 0. The molecule has 1 rings (SSSR count). The Balaban J connectivity index is 2.91. The molecule has 0 bridgehead atoms. The van der Waals surface area contributed by atoms with E-state index >= 15 is 0 Å². The van der Waals surface area contributed by atoms with Gasteiger partial charge in [-0.15, -0.1) is 0 Å². The van der Waals surface area contributed by atoms with Gasteiger partial charge in [-0.05, 0) is 44.5 Å². The maximum Gasteiger partial charge on any atom is 0.254 e. The number of rotatable bonds is 5. The molecule has 1 aromatic carbocycles. The molecule has 0 aliphatic rings. The van der Waals surface area contributed by atoms with Gasteiger partial charge in [0.2, 0.25) is 0 Å². The number of amides is 1. The molecule has 0 aliphatic carbocycles. The molecule has 0 saturated heterocycles. The molecule has 3 nitrogen and oxygen atoms in total. The number of ether oxygens (including phenoxy) is 1. The first-order valence-electron chi connectivity index (χ1n) is 6.03. The molecule has 0 unspecified atom stereocenters. The van der Waals surface area contributed by atoms with E-state index < -0.39 is 0 Å². The molecule has 1 amide bonds. The average Bonchev–Trinajstić information content (AvgIpc) is 2.32. The molecule has 4 heteroatoms. The highest BCUT2D eigenvalue weighted by molar-refractivity contribution is 5.94. The van der Waals surface area contributed by atoms with E-state index in [2.05, 4.69) is 0 Å². The van der Waals surface area contributed by atoms with Gasteiger partial charge in [-0.1, -0.05) is 0 Å². The number of nitrogens with zero attached hydrogens (tertiary/aromatic N) is 1. The fourth-order valence-electron chi connectivity index (χ4n) is 1.73. The van der Waals surface area contributed by atoms with Crippen molar-refractivity contribution in [3.05, 3.63) is 35.1 Å². The first kappa shape index (κ1) is 14.6. The van der Waals surface area contributed by atoms with Crippen LogP contribution in [0, 0.1) is 12.7 Å². The van der Waals surface area contributed by atoms with Gasteiger partial charge in [0.15, 0.2) is 0 Å². The van der Waals surface area contributed by atoms with Gasteiger partial charge < -0.3 is 9.64 Å². The van der Waals surface area contributed by atoms with Gasteiger partial charge in [0.1, 0.15) is 5.82 Å². The summed E-state index contributed by atoms with van der Waals surface area (Å²) in [5.74, 6) is -0.385. The van der Waals surface area contributed by atoms with E-state index in [1.165, 1.54) is 12.1 Å². The SMILES string of the molecule is COCCN(C(=O)c1ccc(F)c(C)c1)C(C)C. The minimum atomic E-state index is -0.292. The number of carbonyl (C=O) groups is 1. The Labute approximate surface area is 108 Å². The van der Waals surface area contributed by atoms with Crippen molar-refractivity contribution in [1.82, 2.24) is 4.90 Å². The summed E-state index contributed by atoms with van der Waals surface area (Å²) >= 11 is 0. The molecule has 0 aromatic heterocycles.